The van der Waals surface area contributed by atoms with Gasteiger partial charge >= 0.3 is 0 Å². The molecular weight excluding hydrogens is 240 g/mol. The lowest BCUT2D eigenvalue weighted by Crippen LogP contribution is -2.42. The number of nitrogens with zero attached hydrogens (tertiary/aromatic N) is 1. The van der Waals surface area contributed by atoms with E-state index in [2.05, 4.69) is 55.7 Å². The van der Waals surface area contributed by atoms with Crippen molar-refractivity contribution in [3.05, 3.63) is 22.4 Å². The third kappa shape index (κ3) is 3.14. The fourth-order valence-corrected chi connectivity index (χ4v) is 3.90. The molecule has 1 saturated carbocycles. The number of nitrogens with one attached hydrogen (secondary N) is 1. The Labute approximate surface area is 115 Å². The van der Waals surface area contributed by atoms with E-state index in [1.807, 2.05) is 11.3 Å². The Balaban J connectivity index is 1.95. The molecule has 1 N–H and O–H groups in total. The number of rotatable bonds is 5. The molecule has 0 amide bonds. The molecule has 0 spiro atoms. The first-order valence-corrected chi connectivity index (χ1v) is 7.82. The molecule has 0 aromatic carbocycles. The predicted octanol–water partition coefficient (Wildman–Crippen LogP) is 3.52. The van der Waals surface area contributed by atoms with Gasteiger partial charge in [0.25, 0.3) is 0 Å². The van der Waals surface area contributed by atoms with Crippen LogP contribution in [0.15, 0.2) is 17.5 Å². The minimum absolute atomic E-state index is 0.465. The summed E-state index contributed by atoms with van der Waals surface area (Å²) in [5.74, 6) is 0. The van der Waals surface area contributed by atoms with Crippen LogP contribution in [0.4, 0.5) is 0 Å². The molecule has 0 bridgehead atoms. The fraction of sp³-hybridized carbons (Fsp3) is 0.733. The molecule has 1 aliphatic carbocycles. The fourth-order valence-electron chi connectivity index (χ4n) is 2.98. The summed E-state index contributed by atoms with van der Waals surface area (Å²) in [5.41, 5.74) is 0.465. The highest BCUT2D eigenvalue weighted by molar-refractivity contribution is 7.10. The van der Waals surface area contributed by atoms with E-state index in [9.17, 15) is 0 Å². The van der Waals surface area contributed by atoms with Crippen LogP contribution >= 0.6 is 11.3 Å². The summed E-state index contributed by atoms with van der Waals surface area (Å²) in [6.45, 7) is 5.85. The second-order valence-electron chi connectivity index (χ2n) is 6.34. The number of likely N-dealkylation sites (N-methyl/N-ethyl adjacent to an activating group) is 1. The van der Waals surface area contributed by atoms with Crippen LogP contribution in [0.1, 0.15) is 44.0 Å². The maximum atomic E-state index is 3.81. The second kappa shape index (κ2) is 5.72. The van der Waals surface area contributed by atoms with Gasteiger partial charge in [-0.05, 0) is 43.8 Å². The van der Waals surface area contributed by atoms with Crippen LogP contribution in [-0.2, 0) is 0 Å². The molecule has 1 fully saturated rings. The minimum Gasteiger partial charge on any atom is -0.312 e. The molecule has 0 saturated heterocycles. The zero-order valence-electron chi connectivity index (χ0n) is 12.1. The molecule has 102 valence electrons. The summed E-state index contributed by atoms with van der Waals surface area (Å²) in [4.78, 5) is 3.78. The zero-order chi connectivity index (χ0) is 13.2. The van der Waals surface area contributed by atoms with E-state index in [0.717, 1.165) is 6.54 Å². The molecule has 1 aromatic rings. The molecule has 2 atom stereocenters. The summed E-state index contributed by atoms with van der Waals surface area (Å²) in [7, 11) is 4.34. The van der Waals surface area contributed by atoms with Crippen molar-refractivity contribution in [2.45, 2.75) is 45.2 Å². The Morgan fingerprint density at radius 3 is 2.78 bits per heavy atom. The highest BCUT2D eigenvalue weighted by Crippen LogP contribution is 2.37. The molecule has 3 heteroatoms. The summed E-state index contributed by atoms with van der Waals surface area (Å²) in [6.07, 6.45) is 4.06. The van der Waals surface area contributed by atoms with Crippen LogP contribution in [0.25, 0.3) is 0 Å². The van der Waals surface area contributed by atoms with Gasteiger partial charge in [0, 0.05) is 17.5 Å². The van der Waals surface area contributed by atoms with Crippen LogP contribution in [0.3, 0.4) is 0 Å². The second-order valence-corrected chi connectivity index (χ2v) is 7.32. The van der Waals surface area contributed by atoms with Crippen molar-refractivity contribution in [1.82, 2.24) is 10.2 Å². The molecule has 1 aliphatic rings. The standard InChI is InChI=1S/C15H26N2S/c1-15(2)9-5-8-14(15)16-11-12(17(3)4)13-7-6-10-18-13/h6-7,10,12,14,16H,5,8-9,11H2,1-4H3. The first-order chi connectivity index (χ1) is 8.50. The van der Waals surface area contributed by atoms with Crippen molar-refractivity contribution in [3.63, 3.8) is 0 Å². The van der Waals surface area contributed by atoms with Gasteiger partial charge in [-0.15, -0.1) is 11.3 Å². The first kappa shape index (κ1) is 14.0. The van der Waals surface area contributed by atoms with E-state index in [4.69, 9.17) is 0 Å². The molecule has 18 heavy (non-hydrogen) atoms. The minimum atomic E-state index is 0.465. The third-order valence-electron chi connectivity index (χ3n) is 4.31. The highest BCUT2D eigenvalue weighted by atomic mass is 32.1. The molecule has 1 heterocycles. The summed E-state index contributed by atoms with van der Waals surface area (Å²) in [6, 6.07) is 5.58. The lowest BCUT2D eigenvalue weighted by Gasteiger charge is -2.31. The SMILES string of the molecule is CN(C)C(CNC1CCCC1(C)C)c1cccs1. The number of hydrogen-bond donors (Lipinski definition) is 1. The molecule has 0 aliphatic heterocycles. The maximum absolute atomic E-state index is 3.81. The van der Waals surface area contributed by atoms with E-state index in [1.54, 1.807) is 0 Å². The molecule has 1 aromatic heterocycles. The van der Waals surface area contributed by atoms with Gasteiger partial charge in [0.05, 0.1) is 6.04 Å². The Bertz CT molecular complexity index is 357. The topological polar surface area (TPSA) is 15.3 Å². The van der Waals surface area contributed by atoms with Crippen molar-refractivity contribution in [1.29, 1.82) is 0 Å². The van der Waals surface area contributed by atoms with Crippen molar-refractivity contribution in [2.75, 3.05) is 20.6 Å². The van der Waals surface area contributed by atoms with Crippen LogP contribution in [0.5, 0.6) is 0 Å². The lowest BCUT2D eigenvalue weighted by atomic mass is 9.87. The number of thiophene rings is 1. The van der Waals surface area contributed by atoms with Gasteiger partial charge in [-0.2, -0.15) is 0 Å². The third-order valence-corrected chi connectivity index (χ3v) is 5.28. The zero-order valence-corrected chi connectivity index (χ0v) is 12.9. The quantitative estimate of drug-likeness (QED) is 0.877. The van der Waals surface area contributed by atoms with Crippen molar-refractivity contribution < 1.29 is 0 Å². The van der Waals surface area contributed by atoms with Crippen LogP contribution in [0, 0.1) is 5.41 Å². The molecular formula is C15H26N2S. The monoisotopic (exact) mass is 266 g/mol. The highest BCUT2D eigenvalue weighted by Gasteiger charge is 2.34. The van der Waals surface area contributed by atoms with Gasteiger partial charge in [0.2, 0.25) is 0 Å². The first-order valence-electron chi connectivity index (χ1n) is 6.94. The normalized spacial score (nSPS) is 24.6. The average molecular weight is 266 g/mol. The summed E-state index contributed by atoms with van der Waals surface area (Å²) >= 11 is 1.86. The molecule has 2 rings (SSSR count). The van der Waals surface area contributed by atoms with E-state index >= 15 is 0 Å². The average Bonchev–Trinajstić information content (AvgIpc) is 2.89. The number of hydrogen-bond acceptors (Lipinski definition) is 3. The van der Waals surface area contributed by atoms with Crippen LogP contribution < -0.4 is 5.32 Å². The van der Waals surface area contributed by atoms with Gasteiger partial charge in [0.15, 0.2) is 0 Å². The summed E-state index contributed by atoms with van der Waals surface area (Å²) in [5, 5.41) is 5.98. The van der Waals surface area contributed by atoms with Crippen molar-refractivity contribution >= 4 is 11.3 Å². The predicted molar refractivity (Wildman–Crippen MR) is 80.2 cm³/mol. The van der Waals surface area contributed by atoms with Crippen LogP contribution in [-0.4, -0.2) is 31.6 Å². The lowest BCUT2D eigenvalue weighted by molar-refractivity contribution is 0.238. The van der Waals surface area contributed by atoms with Gasteiger partial charge in [-0.3, -0.25) is 0 Å². The van der Waals surface area contributed by atoms with Crippen molar-refractivity contribution in [3.8, 4) is 0 Å². The molecule has 0 radical (unpaired) electrons. The van der Waals surface area contributed by atoms with E-state index in [1.165, 1.54) is 24.1 Å². The smallest absolute Gasteiger partial charge is 0.0561 e. The van der Waals surface area contributed by atoms with Gasteiger partial charge in [-0.25, -0.2) is 0 Å². The van der Waals surface area contributed by atoms with Crippen molar-refractivity contribution in [2.24, 2.45) is 5.41 Å². The largest absolute Gasteiger partial charge is 0.312 e. The Morgan fingerprint density at radius 1 is 1.50 bits per heavy atom. The van der Waals surface area contributed by atoms with E-state index in [-0.39, 0.29) is 0 Å². The van der Waals surface area contributed by atoms with Gasteiger partial charge < -0.3 is 10.2 Å². The van der Waals surface area contributed by atoms with E-state index in [0.29, 0.717) is 17.5 Å². The van der Waals surface area contributed by atoms with E-state index < -0.39 is 0 Å². The van der Waals surface area contributed by atoms with Gasteiger partial charge in [-0.1, -0.05) is 26.3 Å². The van der Waals surface area contributed by atoms with Crippen LogP contribution in [0.2, 0.25) is 0 Å². The maximum Gasteiger partial charge on any atom is 0.0561 e. The molecule has 2 unspecified atom stereocenters. The Kier molecular flexibility index (Phi) is 4.46. The summed E-state index contributed by atoms with van der Waals surface area (Å²) < 4.78 is 0. The Morgan fingerprint density at radius 2 is 2.28 bits per heavy atom. The van der Waals surface area contributed by atoms with Gasteiger partial charge in [0.1, 0.15) is 0 Å². The molecule has 2 nitrogen and oxygen atoms in total. The Hall–Kier alpha value is -0.380.